The normalized spacial score (nSPS) is 10.6. The first-order chi connectivity index (χ1) is 8.63. The van der Waals surface area contributed by atoms with Gasteiger partial charge >= 0.3 is 6.03 Å². The van der Waals surface area contributed by atoms with E-state index >= 15 is 0 Å². The van der Waals surface area contributed by atoms with Crippen LogP contribution in [0.1, 0.15) is 25.2 Å². The van der Waals surface area contributed by atoms with Crippen molar-refractivity contribution in [2.75, 3.05) is 0 Å². The van der Waals surface area contributed by atoms with Gasteiger partial charge in [0.2, 0.25) is 0 Å². The highest BCUT2D eigenvalue weighted by Gasteiger charge is 2.20. The first-order valence-electron chi connectivity index (χ1n) is 5.39. The van der Waals surface area contributed by atoms with Gasteiger partial charge in [0, 0.05) is 0 Å². The minimum absolute atomic E-state index is 0.164. The molecule has 0 saturated carbocycles. The summed E-state index contributed by atoms with van der Waals surface area (Å²) in [6.45, 7) is 3.97. The zero-order valence-electron chi connectivity index (χ0n) is 9.98. The molecule has 0 unspecified atom stereocenters. The lowest BCUT2D eigenvalue weighted by Crippen LogP contribution is -2.24. The molecular weight excluding hydrogens is 234 g/mol. The van der Waals surface area contributed by atoms with Gasteiger partial charge in [0.1, 0.15) is 6.07 Å². The Morgan fingerprint density at radius 3 is 2.83 bits per heavy atom. The fraction of sp³-hybridized carbons (Fsp3) is 0.400. The molecule has 0 aromatic carbocycles. The van der Waals surface area contributed by atoms with Crippen LogP contribution < -0.4 is 0 Å². The SMILES string of the molecule is CC(C)Cc1c(C#N)nnn1C(=O)n1ccnn1. The van der Waals surface area contributed by atoms with Crippen LogP contribution in [-0.4, -0.2) is 36.0 Å². The largest absolute Gasteiger partial charge is 0.372 e. The lowest BCUT2D eigenvalue weighted by atomic mass is 10.1. The van der Waals surface area contributed by atoms with Gasteiger partial charge in [-0.2, -0.15) is 14.6 Å². The molecule has 8 heteroatoms. The Hall–Kier alpha value is -2.56. The highest BCUT2D eigenvalue weighted by Crippen LogP contribution is 2.11. The number of hydrogen-bond acceptors (Lipinski definition) is 6. The van der Waals surface area contributed by atoms with Gasteiger partial charge in [0.05, 0.1) is 18.1 Å². The molecule has 18 heavy (non-hydrogen) atoms. The van der Waals surface area contributed by atoms with Crippen LogP contribution in [0.3, 0.4) is 0 Å². The van der Waals surface area contributed by atoms with Crippen LogP contribution in [0.2, 0.25) is 0 Å². The van der Waals surface area contributed by atoms with Crippen LogP contribution >= 0.6 is 0 Å². The average molecular weight is 245 g/mol. The van der Waals surface area contributed by atoms with E-state index in [2.05, 4.69) is 20.6 Å². The van der Waals surface area contributed by atoms with E-state index < -0.39 is 6.03 Å². The van der Waals surface area contributed by atoms with Gasteiger partial charge < -0.3 is 0 Å². The first kappa shape index (κ1) is 11.9. The predicted octanol–water partition coefficient (Wildman–Crippen LogP) is 0.456. The van der Waals surface area contributed by atoms with Crippen molar-refractivity contribution in [3.05, 3.63) is 23.8 Å². The van der Waals surface area contributed by atoms with Crippen LogP contribution in [0.25, 0.3) is 0 Å². The molecule has 0 aliphatic rings. The summed E-state index contributed by atoms with van der Waals surface area (Å²) < 4.78 is 2.13. The molecule has 2 aromatic rings. The third kappa shape index (κ3) is 2.10. The fourth-order valence-corrected chi connectivity index (χ4v) is 1.52. The molecular formula is C10H11N7O. The van der Waals surface area contributed by atoms with Gasteiger partial charge in [0.15, 0.2) is 5.69 Å². The molecule has 8 nitrogen and oxygen atoms in total. The van der Waals surface area contributed by atoms with Crippen LogP contribution in [-0.2, 0) is 6.42 Å². The molecule has 0 aliphatic heterocycles. The van der Waals surface area contributed by atoms with Crippen molar-refractivity contribution in [2.24, 2.45) is 5.92 Å². The minimum atomic E-state index is -0.503. The molecule has 0 aliphatic carbocycles. The summed E-state index contributed by atoms with van der Waals surface area (Å²) in [6, 6.07) is 1.43. The quantitative estimate of drug-likeness (QED) is 0.761. The van der Waals surface area contributed by atoms with Gasteiger partial charge in [-0.1, -0.05) is 24.3 Å². The third-order valence-electron chi connectivity index (χ3n) is 2.27. The molecule has 2 aromatic heterocycles. The number of nitrogens with zero attached hydrogens (tertiary/aromatic N) is 7. The lowest BCUT2D eigenvalue weighted by Gasteiger charge is -2.06. The highest BCUT2D eigenvalue weighted by molar-refractivity contribution is 5.78. The molecule has 92 valence electrons. The number of carbonyl (C=O) groups is 1. The van der Waals surface area contributed by atoms with Crippen molar-refractivity contribution in [1.82, 2.24) is 30.0 Å². The fourth-order valence-electron chi connectivity index (χ4n) is 1.52. The zero-order chi connectivity index (χ0) is 13.1. The van der Waals surface area contributed by atoms with E-state index in [1.165, 1.54) is 12.4 Å². The molecule has 0 bridgehead atoms. The number of nitriles is 1. The minimum Gasteiger partial charge on any atom is -0.243 e. The van der Waals surface area contributed by atoms with Crippen molar-refractivity contribution in [1.29, 1.82) is 5.26 Å². The molecule has 2 rings (SSSR count). The van der Waals surface area contributed by atoms with Crippen LogP contribution in [0, 0.1) is 17.2 Å². The Bertz CT molecular complexity index is 590. The first-order valence-corrected chi connectivity index (χ1v) is 5.39. The molecule has 0 atom stereocenters. The highest BCUT2D eigenvalue weighted by atomic mass is 16.2. The van der Waals surface area contributed by atoms with Gasteiger partial charge in [0.25, 0.3) is 0 Å². The van der Waals surface area contributed by atoms with E-state index in [1.807, 2.05) is 19.9 Å². The van der Waals surface area contributed by atoms with Crippen molar-refractivity contribution in [2.45, 2.75) is 20.3 Å². The van der Waals surface area contributed by atoms with Gasteiger partial charge in [-0.3, -0.25) is 0 Å². The van der Waals surface area contributed by atoms with Crippen LogP contribution in [0.4, 0.5) is 4.79 Å². The summed E-state index contributed by atoms with van der Waals surface area (Å²) >= 11 is 0. The smallest absolute Gasteiger partial charge is 0.243 e. The summed E-state index contributed by atoms with van der Waals surface area (Å²) in [5.41, 5.74) is 0.658. The standard InChI is InChI=1S/C10H11N7O/c1-7(2)5-9-8(6-11)13-15-17(9)10(18)16-4-3-12-14-16/h3-4,7H,5H2,1-2H3. The average Bonchev–Trinajstić information content (AvgIpc) is 2.96. The molecule has 0 spiro atoms. The molecule has 0 saturated heterocycles. The maximum atomic E-state index is 12.1. The summed E-state index contributed by atoms with van der Waals surface area (Å²) in [4.78, 5) is 12.1. The van der Waals surface area contributed by atoms with E-state index in [0.29, 0.717) is 12.1 Å². The molecule has 0 fully saturated rings. The molecule has 0 amide bonds. The van der Waals surface area contributed by atoms with E-state index in [9.17, 15) is 4.79 Å². The van der Waals surface area contributed by atoms with Crippen molar-refractivity contribution >= 4 is 6.03 Å². The summed E-state index contributed by atoms with van der Waals surface area (Å²) in [7, 11) is 0. The summed E-state index contributed by atoms with van der Waals surface area (Å²) in [5, 5.41) is 23.5. The Morgan fingerprint density at radius 2 is 2.28 bits per heavy atom. The zero-order valence-corrected chi connectivity index (χ0v) is 9.98. The van der Waals surface area contributed by atoms with Crippen molar-refractivity contribution in [3.8, 4) is 6.07 Å². The maximum absolute atomic E-state index is 12.1. The summed E-state index contributed by atoms with van der Waals surface area (Å²) in [6.07, 6.45) is 3.34. The third-order valence-corrected chi connectivity index (χ3v) is 2.27. The Morgan fingerprint density at radius 1 is 1.50 bits per heavy atom. The van der Waals surface area contributed by atoms with E-state index in [4.69, 9.17) is 5.26 Å². The predicted molar refractivity (Wildman–Crippen MR) is 59.5 cm³/mol. The summed E-state index contributed by atoms with van der Waals surface area (Å²) in [5.74, 6) is 0.276. The number of aromatic nitrogens is 6. The topological polar surface area (TPSA) is 102 Å². The van der Waals surface area contributed by atoms with E-state index in [0.717, 1.165) is 9.36 Å². The lowest BCUT2D eigenvalue weighted by molar-refractivity contribution is 0.236. The van der Waals surface area contributed by atoms with Crippen LogP contribution in [0.5, 0.6) is 0 Å². The number of carbonyl (C=O) groups excluding carboxylic acids is 1. The second-order valence-electron chi connectivity index (χ2n) is 4.14. The van der Waals surface area contributed by atoms with Crippen LogP contribution in [0.15, 0.2) is 12.4 Å². The van der Waals surface area contributed by atoms with Gasteiger partial charge in [-0.15, -0.1) is 10.2 Å². The van der Waals surface area contributed by atoms with Gasteiger partial charge in [-0.05, 0) is 12.3 Å². The Balaban J connectivity index is 2.42. The van der Waals surface area contributed by atoms with Crippen molar-refractivity contribution < 1.29 is 4.79 Å². The Kier molecular flexibility index (Phi) is 3.14. The van der Waals surface area contributed by atoms with E-state index in [-0.39, 0.29) is 11.6 Å². The molecule has 0 N–H and O–H groups in total. The van der Waals surface area contributed by atoms with E-state index in [1.54, 1.807) is 0 Å². The Labute approximate surface area is 103 Å². The van der Waals surface area contributed by atoms with Crippen molar-refractivity contribution in [3.63, 3.8) is 0 Å². The number of hydrogen-bond donors (Lipinski definition) is 0. The number of rotatable bonds is 2. The monoisotopic (exact) mass is 245 g/mol. The maximum Gasteiger partial charge on any atom is 0.372 e. The molecule has 0 radical (unpaired) electrons. The molecule has 2 heterocycles. The second-order valence-corrected chi connectivity index (χ2v) is 4.14. The second kappa shape index (κ2) is 4.75. The van der Waals surface area contributed by atoms with Gasteiger partial charge in [-0.25, -0.2) is 4.79 Å².